The molecule has 1 aliphatic rings. The summed E-state index contributed by atoms with van der Waals surface area (Å²) in [7, 11) is -1.28. The molecule has 0 saturated carbocycles. The molecular weight excluding hydrogens is 356 g/mol. The SMILES string of the molecule is C[C@@H](c1nnc([C@H]2CN(S(C)(=O)=O)CCO2)o1)N(C)Cc1ccccc1. The third-order valence-electron chi connectivity index (χ3n) is 4.52. The zero-order valence-corrected chi connectivity index (χ0v) is 16.0. The van der Waals surface area contributed by atoms with Crippen molar-refractivity contribution in [3.05, 3.63) is 47.7 Å². The van der Waals surface area contributed by atoms with E-state index in [1.54, 1.807) is 0 Å². The van der Waals surface area contributed by atoms with E-state index >= 15 is 0 Å². The van der Waals surface area contributed by atoms with Crippen LogP contribution in [0.2, 0.25) is 0 Å². The summed E-state index contributed by atoms with van der Waals surface area (Å²) < 4.78 is 36.3. The zero-order valence-electron chi connectivity index (χ0n) is 15.2. The Hall–Kier alpha value is -1.81. The number of aromatic nitrogens is 2. The third-order valence-corrected chi connectivity index (χ3v) is 5.79. The molecule has 2 atom stereocenters. The lowest BCUT2D eigenvalue weighted by Crippen LogP contribution is -2.41. The van der Waals surface area contributed by atoms with Gasteiger partial charge in [-0.3, -0.25) is 4.90 Å². The summed E-state index contributed by atoms with van der Waals surface area (Å²) in [5.74, 6) is 0.798. The van der Waals surface area contributed by atoms with Crippen molar-refractivity contribution in [1.29, 1.82) is 0 Å². The van der Waals surface area contributed by atoms with Gasteiger partial charge in [-0.1, -0.05) is 30.3 Å². The number of morpholine rings is 1. The molecule has 1 aliphatic heterocycles. The first-order valence-corrected chi connectivity index (χ1v) is 10.3. The van der Waals surface area contributed by atoms with Gasteiger partial charge in [0.05, 0.1) is 18.9 Å². The van der Waals surface area contributed by atoms with Crippen LogP contribution in [0.15, 0.2) is 34.7 Å². The van der Waals surface area contributed by atoms with Crippen molar-refractivity contribution in [3.8, 4) is 0 Å². The molecule has 2 heterocycles. The molecule has 0 unspecified atom stereocenters. The second-order valence-electron chi connectivity index (χ2n) is 6.54. The minimum absolute atomic E-state index is 0.0777. The monoisotopic (exact) mass is 380 g/mol. The number of benzene rings is 1. The Kier molecular flexibility index (Phi) is 5.71. The van der Waals surface area contributed by atoms with Gasteiger partial charge >= 0.3 is 0 Å². The Morgan fingerprint density at radius 1 is 1.31 bits per heavy atom. The summed E-state index contributed by atoms with van der Waals surface area (Å²) in [4.78, 5) is 2.11. The summed E-state index contributed by atoms with van der Waals surface area (Å²) in [6.45, 7) is 3.58. The third kappa shape index (κ3) is 4.47. The van der Waals surface area contributed by atoms with Crippen LogP contribution in [-0.4, -0.2) is 60.8 Å². The molecule has 9 heteroatoms. The Morgan fingerprint density at radius 3 is 2.73 bits per heavy atom. The summed E-state index contributed by atoms with van der Waals surface area (Å²) >= 11 is 0. The highest BCUT2D eigenvalue weighted by molar-refractivity contribution is 7.88. The van der Waals surface area contributed by atoms with Gasteiger partial charge in [-0.25, -0.2) is 8.42 Å². The average molecular weight is 380 g/mol. The minimum atomic E-state index is -3.27. The van der Waals surface area contributed by atoms with Crippen LogP contribution < -0.4 is 0 Å². The fourth-order valence-electron chi connectivity index (χ4n) is 2.82. The molecule has 1 aromatic heterocycles. The van der Waals surface area contributed by atoms with E-state index in [4.69, 9.17) is 9.15 Å². The van der Waals surface area contributed by atoms with Crippen LogP contribution in [0.1, 0.15) is 36.4 Å². The number of ether oxygens (including phenoxy) is 1. The Morgan fingerprint density at radius 2 is 2.04 bits per heavy atom. The first-order valence-electron chi connectivity index (χ1n) is 8.49. The van der Waals surface area contributed by atoms with E-state index in [0.29, 0.717) is 24.9 Å². The van der Waals surface area contributed by atoms with Gasteiger partial charge in [-0.15, -0.1) is 10.2 Å². The van der Waals surface area contributed by atoms with Gasteiger partial charge in [0, 0.05) is 19.6 Å². The Bertz CT molecular complexity index is 824. The smallest absolute Gasteiger partial charge is 0.246 e. The largest absolute Gasteiger partial charge is 0.421 e. The lowest BCUT2D eigenvalue weighted by Gasteiger charge is -2.29. The normalized spacial score (nSPS) is 20.4. The number of sulfonamides is 1. The van der Waals surface area contributed by atoms with Crippen molar-refractivity contribution in [1.82, 2.24) is 19.4 Å². The van der Waals surface area contributed by atoms with Gasteiger partial charge in [0.25, 0.3) is 0 Å². The highest BCUT2D eigenvalue weighted by Crippen LogP contribution is 2.26. The maximum atomic E-state index is 11.7. The van der Waals surface area contributed by atoms with Gasteiger partial charge in [-0.2, -0.15) is 4.31 Å². The van der Waals surface area contributed by atoms with E-state index in [-0.39, 0.29) is 12.6 Å². The first-order chi connectivity index (χ1) is 12.3. The van der Waals surface area contributed by atoms with Crippen molar-refractivity contribution in [2.24, 2.45) is 0 Å². The van der Waals surface area contributed by atoms with Crippen LogP contribution in [0, 0.1) is 0 Å². The van der Waals surface area contributed by atoms with Crippen molar-refractivity contribution in [3.63, 3.8) is 0 Å². The molecule has 0 N–H and O–H groups in total. The molecule has 1 saturated heterocycles. The van der Waals surface area contributed by atoms with Crippen LogP contribution in [-0.2, 0) is 21.3 Å². The summed E-state index contributed by atoms with van der Waals surface area (Å²) in [5, 5.41) is 8.21. The topological polar surface area (TPSA) is 88.8 Å². The van der Waals surface area contributed by atoms with E-state index in [1.807, 2.05) is 32.2 Å². The molecule has 1 aromatic carbocycles. The van der Waals surface area contributed by atoms with Crippen molar-refractivity contribution in [2.45, 2.75) is 25.6 Å². The standard InChI is InChI=1S/C17H24N4O4S/c1-13(20(2)11-14-7-5-4-6-8-14)16-18-19-17(25-16)15-12-21(9-10-24-15)26(3,22)23/h4-8,13,15H,9-12H2,1-3H3/t13-,15+/m0/s1. The molecule has 0 spiro atoms. The number of hydrogen-bond donors (Lipinski definition) is 0. The first kappa shape index (κ1) is 19.0. The molecule has 26 heavy (non-hydrogen) atoms. The van der Waals surface area contributed by atoms with Gasteiger partial charge < -0.3 is 9.15 Å². The van der Waals surface area contributed by atoms with Gasteiger partial charge in [-0.05, 0) is 19.5 Å². The fraction of sp³-hybridized carbons (Fsp3) is 0.529. The average Bonchev–Trinajstić information content (AvgIpc) is 3.11. The van der Waals surface area contributed by atoms with Crippen molar-refractivity contribution < 1.29 is 17.6 Å². The molecule has 0 radical (unpaired) electrons. The van der Waals surface area contributed by atoms with Crippen molar-refractivity contribution in [2.75, 3.05) is 33.0 Å². The number of hydrogen-bond acceptors (Lipinski definition) is 7. The number of nitrogens with zero attached hydrogens (tertiary/aromatic N) is 4. The van der Waals surface area contributed by atoms with E-state index in [1.165, 1.54) is 16.1 Å². The number of rotatable bonds is 6. The summed E-state index contributed by atoms with van der Waals surface area (Å²) in [6.07, 6.45) is 0.654. The van der Waals surface area contributed by atoms with Crippen LogP contribution in [0.4, 0.5) is 0 Å². The maximum absolute atomic E-state index is 11.7. The molecule has 1 fully saturated rings. The molecule has 8 nitrogen and oxygen atoms in total. The zero-order chi connectivity index (χ0) is 18.7. The highest BCUT2D eigenvalue weighted by Gasteiger charge is 2.31. The Labute approximate surface area is 153 Å². The van der Waals surface area contributed by atoms with Crippen LogP contribution >= 0.6 is 0 Å². The molecule has 0 amide bonds. The van der Waals surface area contributed by atoms with Crippen LogP contribution in [0.25, 0.3) is 0 Å². The summed E-state index contributed by atoms with van der Waals surface area (Å²) in [6, 6.07) is 10.1. The lowest BCUT2D eigenvalue weighted by atomic mass is 10.2. The second kappa shape index (κ2) is 7.83. The van der Waals surface area contributed by atoms with Gasteiger partial charge in [0.2, 0.25) is 21.8 Å². The molecule has 142 valence electrons. The van der Waals surface area contributed by atoms with E-state index in [9.17, 15) is 8.42 Å². The summed E-state index contributed by atoms with van der Waals surface area (Å²) in [5.41, 5.74) is 1.20. The lowest BCUT2D eigenvalue weighted by molar-refractivity contribution is -0.0182. The molecule has 0 bridgehead atoms. The highest BCUT2D eigenvalue weighted by atomic mass is 32.2. The molecular formula is C17H24N4O4S. The second-order valence-corrected chi connectivity index (χ2v) is 8.52. The maximum Gasteiger partial charge on any atom is 0.246 e. The van der Waals surface area contributed by atoms with Gasteiger partial charge in [0.1, 0.15) is 6.10 Å². The quantitative estimate of drug-likeness (QED) is 0.752. The van der Waals surface area contributed by atoms with Crippen molar-refractivity contribution >= 4 is 10.0 Å². The van der Waals surface area contributed by atoms with Crippen LogP contribution in [0.5, 0.6) is 0 Å². The Balaban J connectivity index is 1.67. The predicted molar refractivity (Wildman–Crippen MR) is 95.7 cm³/mol. The van der Waals surface area contributed by atoms with Crippen LogP contribution in [0.3, 0.4) is 0 Å². The van der Waals surface area contributed by atoms with E-state index < -0.39 is 16.1 Å². The molecule has 3 rings (SSSR count). The van der Waals surface area contributed by atoms with Gasteiger partial charge in [0.15, 0.2) is 0 Å². The van der Waals surface area contributed by atoms with E-state index in [0.717, 1.165) is 6.54 Å². The predicted octanol–water partition coefficient (Wildman–Crippen LogP) is 1.60. The molecule has 2 aromatic rings. The van der Waals surface area contributed by atoms with E-state index in [2.05, 4.69) is 27.2 Å². The fourth-order valence-corrected chi connectivity index (χ4v) is 3.63. The minimum Gasteiger partial charge on any atom is -0.421 e. The molecule has 0 aliphatic carbocycles.